The number of aromatic nitrogens is 2. The van der Waals surface area contributed by atoms with Crippen molar-refractivity contribution in [1.29, 1.82) is 0 Å². The summed E-state index contributed by atoms with van der Waals surface area (Å²) in [5.74, 6) is 5.59. The van der Waals surface area contributed by atoms with Crippen molar-refractivity contribution in [3.05, 3.63) is 40.8 Å². The van der Waals surface area contributed by atoms with Crippen LogP contribution in [0.25, 0.3) is 0 Å². The maximum Gasteiger partial charge on any atom is 0.240 e. The van der Waals surface area contributed by atoms with Crippen LogP contribution in [0.2, 0.25) is 5.02 Å². The lowest BCUT2D eigenvalue weighted by Gasteiger charge is -2.08. The van der Waals surface area contributed by atoms with Gasteiger partial charge in [0.1, 0.15) is 11.6 Å². The SMILES string of the molecule is Cc1cc(Oc2ccc(F)cc2Cl)nc(NN)n1. The molecule has 0 fully saturated rings. The number of hydrogen-bond acceptors (Lipinski definition) is 5. The summed E-state index contributed by atoms with van der Waals surface area (Å²) in [6, 6.07) is 5.44. The van der Waals surface area contributed by atoms with E-state index in [0.717, 1.165) is 6.07 Å². The van der Waals surface area contributed by atoms with Crippen molar-refractivity contribution in [2.75, 3.05) is 5.43 Å². The molecule has 3 N–H and O–H groups in total. The molecular weight excluding hydrogens is 259 g/mol. The summed E-state index contributed by atoms with van der Waals surface area (Å²) < 4.78 is 18.3. The van der Waals surface area contributed by atoms with Crippen LogP contribution in [-0.2, 0) is 0 Å². The first-order valence-corrected chi connectivity index (χ1v) is 5.41. The zero-order valence-corrected chi connectivity index (χ0v) is 10.2. The first-order chi connectivity index (χ1) is 8.58. The minimum absolute atomic E-state index is 0.161. The minimum Gasteiger partial charge on any atom is -0.437 e. The predicted octanol–water partition coefficient (Wildman–Crippen LogP) is 2.66. The van der Waals surface area contributed by atoms with E-state index in [1.165, 1.54) is 12.1 Å². The number of benzene rings is 1. The van der Waals surface area contributed by atoms with Crippen LogP contribution < -0.4 is 16.0 Å². The molecule has 18 heavy (non-hydrogen) atoms. The van der Waals surface area contributed by atoms with Crippen LogP contribution in [0.4, 0.5) is 10.3 Å². The van der Waals surface area contributed by atoms with Crippen LogP contribution in [0.3, 0.4) is 0 Å². The molecule has 0 bridgehead atoms. The number of nitrogens with two attached hydrogens (primary N) is 1. The fourth-order valence-corrected chi connectivity index (χ4v) is 1.53. The zero-order chi connectivity index (χ0) is 13.1. The van der Waals surface area contributed by atoms with Gasteiger partial charge >= 0.3 is 0 Å². The Balaban J connectivity index is 2.30. The van der Waals surface area contributed by atoms with E-state index >= 15 is 0 Å². The summed E-state index contributed by atoms with van der Waals surface area (Å²) in [6.45, 7) is 1.77. The Morgan fingerprint density at radius 2 is 2.11 bits per heavy atom. The third kappa shape index (κ3) is 2.85. The topological polar surface area (TPSA) is 73.1 Å². The molecule has 0 amide bonds. The van der Waals surface area contributed by atoms with E-state index in [1.807, 2.05) is 0 Å². The van der Waals surface area contributed by atoms with Gasteiger partial charge in [-0.25, -0.2) is 15.2 Å². The van der Waals surface area contributed by atoms with Gasteiger partial charge in [0.2, 0.25) is 11.8 Å². The van der Waals surface area contributed by atoms with Crippen LogP contribution in [0.1, 0.15) is 5.69 Å². The number of anilines is 1. The second kappa shape index (κ2) is 5.16. The number of hydrazine groups is 1. The molecule has 7 heteroatoms. The van der Waals surface area contributed by atoms with Crippen molar-refractivity contribution in [3.8, 4) is 11.6 Å². The van der Waals surface area contributed by atoms with Gasteiger partial charge in [-0.05, 0) is 25.1 Å². The van der Waals surface area contributed by atoms with Crippen molar-refractivity contribution in [1.82, 2.24) is 9.97 Å². The number of hydrogen-bond donors (Lipinski definition) is 2. The summed E-state index contributed by atoms with van der Waals surface area (Å²) >= 11 is 5.84. The molecule has 0 unspecified atom stereocenters. The fourth-order valence-electron chi connectivity index (χ4n) is 1.33. The molecule has 1 aromatic carbocycles. The van der Waals surface area contributed by atoms with Gasteiger partial charge in [-0.1, -0.05) is 11.6 Å². The average molecular weight is 269 g/mol. The van der Waals surface area contributed by atoms with Gasteiger partial charge in [-0.3, -0.25) is 5.43 Å². The molecule has 0 atom stereocenters. The lowest BCUT2D eigenvalue weighted by Crippen LogP contribution is -2.11. The first-order valence-electron chi connectivity index (χ1n) is 5.03. The molecule has 0 saturated heterocycles. The van der Waals surface area contributed by atoms with E-state index < -0.39 is 5.82 Å². The Hall–Kier alpha value is -1.92. The van der Waals surface area contributed by atoms with Gasteiger partial charge in [-0.2, -0.15) is 4.98 Å². The summed E-state index contributed by atoms with van der Waals surface area (Å²) in [6.07, 6.45) is 0. The Labute approximate surface area is 108 Å². The largest absolute Gasteiger partial charge is 0.437 e. The van der Waals surface area contributed by atoms with Crippen molar-refractivity contribution in [2.45, 2.75) is 6.92 Å². The van der Waals surface area contributed by atoms with Crippen LogP contribution in [0.5, 0.6) is 11.6 Å². The highest BCUT2D eigenvalue weighted by atomic mass is 35.5. The standard InChI is InChI=1S/C11H10ClFN4O/c1-6-4-10(16-11(15-6)17-14)18-9-3-2-7(13)5-8(9)12/h2-5H,14H2,1H3,(H,15,16,17). The molecule has 1 heterocycles. The molecule has 0 saturated carbocycles. The summed E-state index contributed by atoms with van der Waals surface area (Å²) in [7, 11) is 0. The summed E-state index contributed by atoms with van der Waals surface area (Å²) in [5, 5.41) is 0.161. The summed E-state index contributed by atoms with van der Waals surface area (Å²) in [4.78, 5) is 8.00. The smallest absolute Gasteiger partial charge is 0.240 e. The van der Waals surface area contributed by atoms with Crippen LogP contribution in [0, 0.1) is 12.7 Å². The number of nitrogens with one attached hydrogen (secondary N) is 1. The molecular formula is C11H10ClFN4O. The third-order valence-electron chi connectivity index (χ3n) is 2.07. The average Bonchev–Trinajstić information content (AvgIpc) is 2.32. The quantitative estimate of drug-likeness (QED) is 0.661. The second-order valence-electron chi connectivity index (χ2n) is 3.49. The Bertz CT molecular complexity index is 579. The molecule has 0 radical (unpaired) electrons. The number of nitrogen functional groups attached to an aromatic ring is 1. The molecule has 0 aliphatic rings. The highest BCUT2D eigenvalue weighted by molar-refractivity contribution is 6.32. The Morgan fingerprint density at radius 3 is 2.78 bits per heavy atom. The monoisotopic (exact) mass is 268 g/mol. The Kier molecular flexibility index (Phi) is 3.59. The van der Waals surface area contributed by atoms with Gasteiger partial charge in [-0.15, -0.1) is 0 Å². The van der Waals surface area contributed by atoms with Crippen LogP contribution in [0.15, 0.2) is 24.3 Å². The van der Waals surface area contributed by atoms with E-state index in [9.17, 15) is 4.39 Å². The highest BCUT2D eigenvalue weighted by Crippen LogP contribution is 2.29. The number of nitrogens with zero attached hydrogens (tertiary/aromatic N) is 2. The van der Waals surface area contributed by atoms with E-state index in [-0.39, 0.29) is 16.9 Å². The lowest BCUT2D eigenvalue weighted by atomic mass is 10.3. The van der Waals surface area contributed by atoms with E-state index in [4.69, 9.17) is 22.2 Å². The second-order valence-corrected chi connectivity index (χ2v) is 3.90. The van der Waals surface area contributed by atoms with E-state index in [0.29, 0.717) is 11.4 Å². The van der Waals surface area contributed by atoms with Gasteiger partial charge in [0.05, 0.1) is 5.02 Å². The minimum atomic E-state index is -0.435. The highest BCUT2D eigenvalue weighted by Gasteiger charge is 2.07. The molecule has 2 rings (SSSR count). The van der Waals surface area contributed by atoms with Crippen molar-refractivity contribution in [3.63, 3.8) is 0 Å². The summed E-state index contributed by atoms with van der Waals surface area (Å²) in [5.41, 5.74) is 2.99. The number of rotatable bonds is 3. The molecule has 5 nitrogen and oxygen atoms in total. The molecule has 94 valence electrons. The van der Waals surface area contributed by atoms with E-state index in [2.05, 4.69) is 15.4 Å². The van der Waals surface area contributed by atoms with Crippen LogP contribution >= 0.6 is 11.6 Å². The third-order valence-corrected chi connectivity index (χ3v) is 2.36. The molecule has 0 spiro atoms. The van der Waals surface area contributed by atoms with E-state index in [1.54, 1.807) is 13.0 Å². The van der Waals surface area contributed by atoms with Crippen LogP contribution in [-0.4, -0.2) is 9.97 Å². The number of ether oxygens (including phenoxy) is 1. The van der Waals surface area contributed by atoms with Crippen molar-refractivity contribution < 1.29 is 9.13 Å². The fraction of sp³-hybridized carbons (Fsp3) is 0.0909. The van der Waals surface area contributed by atoms with Gasteiger partial charge in [0.25, 0.3) is 0 Å². The molecule has 0 aliphatic carbocycles. The van der Waals surface area contributed by atoms with Gasteiger partial charge in [0.15, 0.2) is 0 Å². The molecule has 2 aromatic rings. The Morgan fingerprint density at radius 1 is 1.33 bits per heavy atom. The van der Waals surface area contributed by atoms with Gasteiger partial charge < -0.3 is 4.74 Å². The predicted molar refractivity (Wildman–Crippen MR) is 66.1 cm³/mol. The number of halogens is 2. The maximum absolute atomic E-state index is 12.9. The van der Waals surface area contributed by atoms with Gasteiger partial charge in [0, 0.05) is 11.8 Å². The maximum atomic E-state index is 12.9. The number of aryl methyl sites for hydroxylation is 1. The lowest BCUT2D eigenvalue weighted by molar-refractivity contribution is 0.460. The molecule has 0 aliphatic heterocycles. The normalized spacial score (nSPS) is 10.2. The van der Waals surface area contributed by atoms with Crippen molar-refractivity contribution >= 4 is 17.5 Å². The molecule has 1 aromatic heterocycles. The van der Waals surface area contributed by atoms with Crippen molar-refractivity contribution in [2.24, 2.45) is 5.84 Å². The zero-order valence-electron chi connectivity index (χ0n) is 9.45. The first kappa shape index (κ1) is 12.5.